The van der Waals surface area contributed by atoms with Crippen LogP contribution in [0.4, 0.5) is 0 Å². The number of hydrogen-bond donors (Lipinski definition) is 0. The second-order valence-electron chi connectivity index (χ2n) is 1.45. The summed E-state index contributed by atoms with van der Waals surface area (Å²) >= 11 is 3.27. The molecule has 0 fully saturated rings. The Kier molecular flexibility index (Phi) is 2.21. The molecule has 1 aliphatic heterocycles. The molecule has 1 aliphatic rings. The van der Waals surface area contributed by atoms with Gasteiger partial charge >= 0.3 is 0 Å². The van der Waals surface area contributed by atoms with Crippen LogP contribution in [0.15, 0.2) is 12.5 Å². The van der Waals surface area contributed by atoms with Gasteiger partial charge in [-0.25, -0.2) is 0 Å². The molecule has 0 aromatic rings. The van der Waals surface area contributed by atoms with E-state index >= 15 is 0 Å². The summed E-state index contributed by atoms with van der Waals surface area (Å²) in [5.41, 5.74) is 0. The highest BCUT2D eigenvalue weighted by Gasteiger charge is 2.09. The Balaban J connectivity index is 2.10. The highest BCUT2D eigenvalue weighted by Crippen LogP contribution is 2.09. The van der Waals surface area contributed by atoms with Crippen molar-refractivity contribution in [1.29, 1.82) is 0 Å². The molecule has 0 bridgehead atoms. The first kappa shape index (κ1) is 5.95. The molecule has 0 N–H and O–H groups in total. The van der Waals surface area contributed by atoms with Gasteiger partial charge in [0.05, 0.1) is 0 Å². The Morgan fingerprint density at radius 2 is 2.00 bits per heavy atom. The van der Waals surface area contributed by atoms with E-state index in [4.69, 9.17) is 9.47 Å². The fourth-order valence-electron chi connectivity index (χ4n) is 0.497. The molecule has 0 atom stereocenters. The van der Waals surface area contributed by atoms with Crippen LogP contribution in [0, 0.1) is 0 Å². The Hall–Kier alpha value is -0.180. The second-order valence-corrected chi connectivity index (χ2v) is 2.24. The van der Waals surface area contributed by atoms with Crippen molar-refractivity contribution in [3.05, 3.63) is 12.5 Å². The van der Waals surface area contributed by atoms with Gasteiger partial charge in [0, 0.05) is 11.8 Å². The molecule has 0 unspecified atom stereocenters. The quantitative estimate of drug-likeness (QED) is 0.599. The zero-order valence-electron chi connectivity index (χ0n) is 4.34. The van der Waals surface area contributed by atoms with Crippen molar-refractivity contribution in [3.63, 3.8) is 0 Å². The number of hydrogen-bond acceptors (Lipinski definition) is 2. The van der Waals surface area contributed by atoms with Crippen LogP contribution in [0.2, 0.25) is 0 Å². The van der Waals surface area contributed by atoms with Crippen molar-refractivity contribution in [3.8, 4) is 0 Å². The third kappa shape index (κ3) is 1.40. The predicted molar refractivity (Wildman–Crippen MR) is 33.5 cm³/mol. The van der Waals surface area contributed by atoms with Gasteiger partial charge in [-0.1, -0.05) is 15.9 Å². The summed E-state index contributed by atoms with van der Waals surface area (Å²) in [7, 11) is 0. The lowest BCUT2D eigenvalue weighted by atomic mass is 10.5. The molecular formula is C5H7BrO2. The van der Waals surface area contributed by atoms with Gasteiger partial charge in [0.15, 0.2) is 0 Å². The van der Waals surface area contributed by atoms with Gasteiger partial charge in [-0.3, -0.25) is 0 Å². The van der Waals surface area contributed by atoms with E-state index in [1.165, 1.54) is 0 Å². The van der Waals surface area contributed by atoms with Crippen molar-refractivity contribution >= 4 is 15.9 Å². The van der Waals surface area contributed by atoms with Crippen LogP contribution < -0.4 is 0 Å². The number of rotatable bonds is 2. The average molecular weight is 179 g/mol. The lowest BCUT2D eigenvalue weighted by molar-refractivity contribution is -0.0230. The molecule has 0 saturated heterocycles. The molecule has 1 heterocycles. The maximum absolute atomic E-state index is 4.96. The molecule has 1 rings (SSSR count). The molecule has 2 nitrogen and oxygen atoms in total. The van der Waals surface area contributed by atoms with E-state index in [-0.39, 0.29) is 6.29 Å². The van der Waals surface area contributed by atoms with Gasteiger partial charge in [-0.2, -0.15) is 0 Å². The van der Waals surface area contributed by atoms with Crippen LogP contribution in [0.1, 0.15) is 6.42 Å². The van der Waals surface area contributed by atoms with Crippen LogP contribution in [0.5, 0.6) is 0 Å². The maximum atomic E-state index is 4.96. The first-order valence-corrected chi connectivity index (χ1v) is 3.57. The van der Waals surface area contributed by atoms with Gasteiger partial charge in [-0.15, -0.1) is 0 Å². The monoisotopic (exact) mass is 178 g/mol. The zero-order valence-corrected chi connectivity index (χ0v) is 5.93. The molecule has 3 heteroatoms. The third-order valence-corrected chi connectivity index (χ3v) is 1.32. The van der Waals surface area contributed by atoms with Crippen molar-refractivity contribution < 1.29 is 9.47 Å². The van der Waals surface area contributed by atoms with Gasteiger partial charge in [0.2, 0.25) is 6.29 Å². The highest BCUT2D eigenvalue weighted by molar-refractivity contribution is 9.09. The smallest absolute Gasteiger partial charge is 0.240 e. The topological polar surface area (TPSA) is 18.5 Å². The van der Waals surface area contributed by atoms with E-state index in [1.54, 1.807) is 12.5 Å². The number of alkyl halides is 1. The maximum Gasteiger partial charge on any atom is 0.240 e. The molecule has 0 saturated carbocycles. The van der Waals surface area contributed by atoms with Crippen LogP contribution in [0.3, 0.4) is 0 Å². The van der Waals surface area contributed by atoms with Crippen LogP contribution in [-0.4, -0.2) is 11.6 Å². The molecule has 0 aromatic heterocycles. The minimum Gasteiger partial charge on any atom is -0.459 e. The van der Waals surface area contributed by atoms with Gasteiger partial charge in [0.25, 0.3) is 0 Å². The Morgan fingerprint density at radius 3 is 2.50 bits per heavy atom. The Morgan fingerprint density at radius 1 is 1.38 bits per heavy atom. The van der Waals surface area contributed by atoms with E-state index in [1.807, 2.05) is 0 Å². The third-order valence-electron chi connectivity index (χ3n) is 0.861. The summed E-state index contributed by atoms with van der Waals surface area (Å²) < 4.78 is 9.92. The summed E-state index contributed by atoms with van der Waals surface area (Å²) in [5.74, 6) is 0. The summed E-state index contributed by atoms with van der Waals surface area (Å²) in [6.07, 6.45) is 3.97. The average Bonchev–Trinajstić information content (AvgIpc) is 2.19. The lowest BCUT2D eigenvalue weighted by Gasteiger charge is -2.05. The fourth-order valence-corrected chi connectivity index (χ4v) is 0.870. The summed E-state index contributed by atoms with van der Waals surface area (Å²) in [5, 5.41) is 0.916. The summed E-state index contributed by atoms with van der Waals surface area (Å²) in [6, 6.07) is 0. The first-order chi connectivity index (χ1) is 3.93. The van der Waals surface area contributed by atoms with E-state index in [0.29, 0.717) is 0 Å². The molecular weight excluding hydrogens is 172 g/mol. The van der Waals surface area contributed by atoms with Crippen LogP contribution in [0.25, 0.3) is 0 Å². The van der Waals surface area contributed by atoms with E-state index in [0.717, 1.165) is 11.8 Å². The molecule has 0 aromatic carbocycles. The standard InChI is InChI=1S/C5H7BrO2/c6-2-1-5-7-3-4-8-5/h3-5H,1-2H2. The minimum absolute atomic E-state index is 0.0469. The van der Waals surface area contributed by atoms with Crippen molar-refractivity contribution in [2.24, 2.45) is 0 Å². The Bertz CT molecular complexity index is 84.4. The molecule has 0 aliphatic carbocycles. The van der Waals surface area contributed by atoms with Crippen molar-refractivity contribution in [2.45, 2.75) is 12.7 Å². The van der Waals surface area contributed by atoms with Crippen molar-refractivity contribution in [2.75, 3.05) is 5.33 Å². The lowest BCUT2D eigenvalue weighted by Crippen LogP contribution is -2.06. The summed E-state index contributed by atoms with van der Waals surface area (Å²) in [4.78, 5) is 0. The Labute approximate surface area is 56.6 Å². The molecule has 0 amide bonds. The van der Waals surface area contributed by atoms with Gasteiger partial charge < -0.3 is 9.47 Å². The SMILES string of the molecule is BrCCC1OC=CO1. The fraction of sp³-hybridized carbons (Fsp3) is 0.600. The van der Waals surface area contributed by atoms with E-state index < -0.39 is 0 Å². The predicted octanol–water partition coefficient (Wildman–Crippen LogP) is 1.62. The van der Waals surface area contributed by atoms with E-state index in [9.17, 15) is 0 Å². The van der Waals surface area contributed by atoms with Gasteiger partial charge in [-0.05, 0) is 0 Å². The highest BCUT2D eigenvalue weighted by atomic mass is 79.9. The van der Waals surface area contributed by atoms with Gasteiger partial charge in [0.1, 0.15) is 12.5 Å². The second kappa shape index (κ2) is 2.97. The van der Waals surface area contributed by atoms with E-state index in [2.05, 4.69) is 15.9 Å². The van der Waals surface area contributed by atoms with Crippen molar-refractivity contribution in [1.82, 2.24) is 0 Å². The van der Waals surface area contributed by atoms with Crippen LogP contribution >= 0.6 is 15.9 Å². The first-order valence-electron chi connectivity index (χ1n) is 2.45. The normalized spacial score (nSPS) is 18.1. The summed E-state index contributed by atoms with van der Waals surface area (Å²) in [6.45, 7) is 0. The molecule has 46 valence electrons. The number of ether oxygens (including phenoxy) is 2. The van der Waals surface area contributed by atoms with Crippen LogP contribution in [-0.2, 0) is 9.47 Å². The minimum atomic E-state index is -0.0469. The molecule has 0 radical (unpaired) electrons. The largest absolute Gasteiger partial charge is 0.459 e. The zero-order chi connectivity index (χ0) is 5.82. The number of halogens is 1. The molecule has 8 heavy (non-hydrogen) atoms. The molecule has 0 spiro atoms.